The molecule has 2 unspecified atom stereocenters. The SMILES string of the molecule is CC(N)C(N)OC(=O)c1cc(C(=O)O)cc(C(=O)O)c1. The molecular formula is C12H14N2O6. The molecule has 0 aliphatic rings. The molecule has 1 rings (SSSR count). The van der Waals surface area contributed by atoms with Crippen molar-refractivity contribution >= 4 is 17.9 Å². The van der Waals surface area contributed by atoms with E-state index in [1.165, 1.54) is 6.92 Å². The largest absolute Gasteiger partial charge is 0.478 e. The van der Waals surface area contributed by atoms with Crippen LogP contribution in [0.1, 0.15) is 38.0 Å². The number of aromatic carboxylic acids is 2. The van der Waals surface area contributed by atoms with Gasteiger partial charge in [0.05, 0.1) is 22.7 Å². The average Bonchev–Trinajstić information content (AvgIpc) is 2.37. The maximum absolute atomic E-state index is 11.8. The number of ether oxygens (including phenoxy) is 1. The van der Waals surface area contributed by atoms with Crippen molar-refractivity contribution < 1.29 is 29.3 Å². The summed E-state index contributed by atoms with van der Waals surface area (Å²) in [6.45, 7) is 1.52. The van der Waals surface area contributed by atoms with Crippen LogP contribution in [0.2, 0.25) is 0 Å². The van der Waals surface area contributed by atoms with Gasteiger partial charge in [-0.3, -0.25) is 5.73 Å². The van der Waals surface area contributed by atoms with Gasteiger partial charge in [0.1, 0.15) is 0 Å². The molecule has 6 N–H and O–H groups in total. The summed E-state index contributed by atoms with van der Waals surface area (Å²) in [6, 6.07) is 2.32. The molecule has 108 valence electrons. The Balaban J connectivity index is 3.13. The van der Waals surface area contributed by atoms with Crippen LogP contribution in [0, 0.1) is 0 Å². The molecule has 0 fully saturated rings. The molecule has 0 saturated heterocycles. The number of benzene rings is 1. The van der Waals surface area contributed by atoms with Crippen molar-refractivity contribution in [2.75, 3.05) is 0 Å². The van der Waals surface area contributed by atoms with Gasteiger partial charge in [0.15, 0.2) is 6.23 Å². The highest BCUT2D eigenvalue weighted by molar-refractivity contribution is 5.99. The predicted molar refractivity (Wildman–Crippen MR) is 67.4 cm³/mol. The monoisotopic (exact) mass is 282 g/mol. The molecule has 0 radical (unpaired) electrons. The first-order chi connectivity index (χ1) is 9.22. The van der Waals surface area contributed by atoms with Crippen LogP contribution in [-0.2, 0) is 4.74 Å². The van der Waals surface area contributed by atoms with Crippen molar-refractivity contribution in [2.45, 2.75) is 19.2 Å². The van der Waals surface area contributed by atoms with Crippen LogP contribution in [0.25, 0.3) is 0 Å². The molecule has 1 aromatic carbocycles. The van der Waals surface area contributed by atoms with E-state index in [0.717, 1.165) is 18.2 Å². The zero-order valence-electron chi connectivity index (χ0n) is 10.6. The van der Waals surface area contributed by atoms with Gasteiger partial charge in [-0.1, -0.05) is 0 Å². The van der Waals surface area contributed by atoms with E-state index in [1.54, 1.807) is 0 Å². The van der Waals surface area contributed by atoms with E-state index in [1.807, 2.05) is 0 Å². The molecule has 0 saturated carbocycles. The lowest BCUT2D eigenvalue weighted by Gasteiger charge is -2.16. The van der Waals surface area contributed by atoms with E-state index in [2.05, 4.69) is 0 Å². The summed E-state index contributed by atoms with van der Waals surface area (Å²) in [4.78, 5) is 33.5. The minimum atomic E-state index is -1.36. The van der Waals surface area contributed by atoms with E-state index in [4.69, 9.17) is 26.4 Å². The van der Waals surface area contributed by atoms with Crippen LogP contribution >= 0.6 is 0 Å². The second kappa shape index (κ2) is 6.13. The average molecular weight is 282 g/mol. The van der Waals surface area contributed by atoms with Crippen LogP contribution in [0.3, 0.4) is 0 Å². The molecule has 8 heteroatoms. The molecule has 0 amide bonds. The number of hydrogen-bond donors (Lipinski definition) is 4. The number of carbonyl (C=O) groups is 3. The smallest absolute Gasteiger partial charge is 0.339 e. The van der Waals surface area contributed by atoms with Gasteiger partial charge >= 0.3 is 17.9 Å². The van der Waals surface area contributed by atoms with E-state index in [9.17, 15) is 14.4 Å². The summed E-state index contributed by atoms with van der Waals surface area (Å²) >= 11 is 0. The highest BCUT2D eigenvalue weighted by atomic mass is 16.6. The Morgan fingerprint density at radius 3 is 1.75 bits per heavy atom. The van der Waals surface area contributed by atoms with E-state index in [0.29, 0.717) is 0 Å². The molecule has 20 heavy (non-hydrogen) atoms. The van der Waals surface area contributed by atoms with Crippen molar-refractivity contribution in [1.82, 2.24) is 0 Å². The summed E-state index contributed by atoms with van der Waals surface area (Å²) in [5.74, 6) is -3.67. The first-order valence-corrected chi connectivity index (χ1v) is 5.56. The molecule has 2 atom stereocenters. The molecule has 0 bridgehead atoms. The lowest BCUT2D eigenvalue weighted by Crippen LogP contribution is -2.42. The highest BCUT2D eigenvalue weighted by Crippen LogP contribution is 2.13. The molecule has 0 heterocycles. The number of rotatable bonds is 5. The number of carboxylic acids is 2. The van der Waals surface area contributed by atoms with Gasteiger partial charge in [0, 0.05) is 0 Å². The van der Waals surface area contributed by atoms with Crippen LogP contribution in [-0.4, -0.2) is 40.4 Å². The minimum absolute atomic E-state index is 0.224. The molecule has 8 nitrogen and oxygen atoms in total. The Kier molecular flexibility index (Phi) is 4.78. The second-order valence-corrected chi connectivity index (χ2v) is 4.14. The van der Waals surface area contributed by atoms with E-state index < -0.39 is 30.2 Å². The first-order valence-electron chi connectivity index (χ1n) is 5.56. The van der Waals surface area contributed by atoms with E-state index >= 15 is 0 Å². The molecule has 1 aromatic rings. The van der Waals surface area contributed by atoms with Crippen molar-refractivity contribution in [1.29, 1.82) is 0 Å². The number of esters is 1. The molecule has 0 aromatic heterocycles. The quantitative estimate of drug-likeness (QED) is 0.430. The standard InChI is InChI=1S/C12H14N2O6/c1-5(13)9(14)20-12(19)8-3-6(10(15)16)2-7(4-8)11(17)18/h2-5,9H,13-14H2,1H3,(H,15,16)(H,17,18). The predicted octanol–water partition coefficient (Wildman–Crippen LogP) is -0.128. The maximum Gasteiger partial charge on any atom is 0.339 e. The van der Waals surface area contributed by atoms with E-state index in [-0.39, 0.29) is 16.7 Å². The third kappa shape index (κ3) is 3.77. The minimum Gasteiger partial charge on any atom is -0.478 e. The summed E-state index contributed by atoms with van der Waals surface area (Å²) in [7, 11) is 0. The first kappa shape index (κ1) is 15.6. The topological polar surface area (TPSA) is 153 Å². The maximum atomic E-state index is 11.8. The third-order valence-corrected chi connectivity index (χ3v) is 2.42. The number of nitrogens with two attached hydrogens (primary N) is 2. The Labute approximate surface area is 113 Å². The van der Waals surface area contributed by atoms with Gasteiger partial charge in [0.25, 0.3) is 0 Å². The van der Waals surface area contributed by atoms with Crippen LogP contribution in [0.15, 0.2) is 18.2 Å². The number of carbonyl (C=O) groups excluding carboxylic acids is 1. The fourth-order valence-corrected chi connectivity index (χ4v) is 1.29. The lowest BCUT2D eigenvalue weighted by atomic mass is 10.1. The zero-order valence-corrected chi connectivity index (χ0v) is 10.6. The van der Waals surface area contributed by atoms with Crippen molar-refractivity contribution in [2.24, 2.45) is 11.5 Å². The van der Waals surface area contributed by atoms with Crippen molar-refractivity contribution in [3.05, 3.63) is 34.9 Å². The molecule has 0 spiro atoms. The van der Waals surface area contributed by atoms with Crippen molar-refractivity contribution in [3.63, 3.8) is 0 Å². The lowest BCUT2D eigenvalue weighted by molar-refractivity contribution is 0.0269. The van der Waals surface area contributed by atoms with Gasteiger partial charge in [-0.2, -0.15) is 0 Å². The normalized spacial score (nSPS) is 13.3. The second-order valence-electron chi connectivity index (χ2n) is 4.14. The fourth-order valence-electron chi connectivity index (χ4n) is 1.29. The van der Waals surface area contributed by atoms with Gasteiger partial charge in [0.2, 0.25) is 0 Å². The Bertz CT molecular complexity index is 523. The fraction of sp³-hybridized carbons (Fsp3) is 0.250. The zero-order chi connectivity index (χ0) is 15.4. The highest BCUT2D eigenvalue weighted by Gasteiger charge is 2.19. The van der Waals surface area contributed by atoms with Gasteiger partial charge in [-0.15, -0.1) is 0 Å². The van der Waals surface area contributed by atoms with Crippen LogP contribution in [0.5, 0.6) is 0 Å². The summed E-state index contributed by atoms with van der Waals surface area (Å²) < 4.78 is 4.80. The summed E-state index contributed by atoms with van der Waals surface area (Å²) in [5.41, 5.74) is 9.97. The van der Waals surface area contributed by atoms with Gasteiger partial charge < -0.3 is 20.7 Å². The van der Waals surface area contributed by atoms with Crippen molar-refractivity contribution in [3.8, 4) is 0 Å². The Morgan fingerprint density at radius 2 is 1.40 bits per heavy atom. The Morgan fingerprint density at radius 1 is 1.00 bits per heavy atom. The molecule has 0 aliphatic carbocycles. The molecular weight excluding hydrogens is 268 g/mol. The third-order valence-electron chi connectivity index (χ3n) is 2.42. The molecule has 0 aliphatic heterocycles. The summed E-state index contributed by atoms with van der Waals surface area (Å²) in [5, 5.41) is 17.8. The van der Waals surface area contributed by atoms with Gasteiger partial charge in [-0.05, 0) is 25.1 Å². The number of hydrogen-bond acceptors (Lipinski definition) is 6. The number of carboxylic acid groups (broad SMARTS) is 2. The van der Waals surface area contributed by atoms with Crippen LogP contribution in [0.4, 0.5) is 0 Å². The summed E-state index contributed by atoms with van der Waals surface area (Å²) in [6.07, 6.45) is -1.08. The van der Waals surface area contributed by atoms with Gasteiger partial charge in [-0.25, -0.2) is 14.4 Å². The van der Waals surface area contributed by atoms with Crippen LogP contribution < -0.4 is 11.5 Å². The Hall–Kier alpha value is -2.45.